The van der Waals surface area contributed by atoms with Crippen molar-refractivity contribution in [3.63, 3.8) is 0 Å². The highest BCUT2D eigenvalue weighted by molar-refractivity contribution is 6.32. The SMILES string of the molecule is COc1ccc(NCC(=O)Nc2ccc3[nH]nc(N)c3c2)cc1Cl. The van der Waals surface area contributed by atoms with Crippen molar-refractivity contribution in [1.82, 2.24) is 10.2 Å². The normalized spacial score (nSPS) is 10.6. The van der Waals surface area contributed by atoms with Gasteiger partial charge in [0, 0.05) is 16.8 Å². The number of benzene rings is 2. The number of carbonyl (C=O) groups excluding carboxylic acids is 1. The lowest BCUT2D eigenvalue weighted by molar-refractivity contribution is -0.114. The molecule has 0 aliphatic rings. The summed E-state index contributed by atoms with van der Waals surface area (Å²) in [6, 6.07) is 10.6. The molecule has 3 aromatic rings. The van der Waals surface area contributed by atoms with Gasteiger partial charge in [-0.2, -0.15) is 5.10 Å². The zero-order valence-electron chi connectivity index (χ0n) is 12.9. The van der Waals surface area contributed by atoms with E-state index in [-0.39, 0.29) is 12.5 Å². The third kappa shape index (κ3) is 3.36. The summed E-state index contributed by atoms with van der Waals surface area (Å²) in [4.78, 5) is 12.1. The van der Waals surface area contributed by atoms with Gasteiger partial charge in [0.2, 0.25) is 5.91 Å². The number of hydrogen-bond donors (Lipinski definition) is 4. The fourth-order valence-corrected chi connectivity index (χ4v) is 2.53. The number of nitrogens with zero attached hydrogens (tertiary/aromatic N) is 1. The van der Waals surface area contributed by atoms with Crippen LogP contribution in [0.4, 0.5) is 17.2 Å². The minimum absolute atomic E-state index is 0.0988. The van der Waals surface area contributed by atoms with E-state index in [0.717, 1.165) is 16.6 Å². The van der Waals surface area contributed by atoms with E-state index in [1.165, 1.54) is 0 Å². The summed E-state index contributed by atoms with van der Waals surface area (Å²) in [6.07, 6.45) is 0. The first-order valence-corrected chi connectivity index (χ1v) is 7.55. The van der Waals surface area contributed by atoms with Crippen LogP contribution < -0.4 is 21.1 Å². The standard InChI is InChI=1S/C16H16ClN5O2/c1-24-14-5-3-9(7-12(14)17)19-8-15(23)20-10-2-4-13-11(6-10)16(18)22-21-13/h2-7,19H,8H2,1H3,(H,20,23)(H3,18,21,22). The lowest BCUT2D eigenvalue weighted by Gasteiger charge is -2.09. The van der Waals surface area contributed by atoms with Gasteiger partial charge in [0.25, 0.3) is 0 Å². The van der Waals surface area contributed by atoms with Crippen LogP contribution in [0.25, 0.3) is 10.9 Å². The molecule has 0 fully saturated rings. The summed E-state index contributed by atoms with van der Waals surface area (Å²) < 4.78 is 5.09. The van der Waals surface area contributed by atoms with E-state index in [2.05, 4.69) is 20.8 Å². The van der Waals surface area contributed by atoms with Crippen LogP contribution in [0.3, 0.4) is 0 Å². The monoisotopic (exact) mass is 345 g/mol. The summed E-state index contributed by atoms with van der Waals surface area (Å²) in [5, 5.41) is 13.8. The van der Waals surface area contributed by atoms with Crippen molar-refractivity contribution in [2.45, 2.75) is 0 Å². The van der Waals surface area contributed by atoms with E-state index < -0.39 is 0 Å². The Morgan fingerprint density at radius 1 is 1.29 bits per heavy atom. The van der Waals surface area contributed by atoms with E-state index in [1.54, 1.807) is 37.4 Å². The molecule has 0 aliphatic heterocycles. The number of nitrogens with one attached hydrogen (secondary N) is 3. The minimum atomic E-state index is -0.191. The van der Waals surface area contributed by atoms with Crippen molar-refractivity contribution in [3.05, 3.63) is 41.4 Å². The van der Waals surface area contributed by atoms with Crippen molar-refractivity contribution in [1.29, 1.82) is 0 Å². The van der Waals surface area contributed by atoms with Crippen LogP contribution in [0, 0.1) is 0 Å². The molecule has 3 rings (SSSR count). The number of nitrogens with two attached hydrogens (primary N) is 1. The highest BCUT2D eigenvalue weighted by Gasteiger charge is 2.07. The molecule has 0 saturated carbocycles. The van der Waals surface area contributed by atoms with E-state index in [9.17, 15) is 4.79 Å². The molecule has 0 bridgehead atoms. The van der Waals surface area contributed by atoms with Gasteiger partial charge in [0.15, 0.2) is 5.82 Å². The van der Waals surface area contributed by atoms with Crippen LogP contribution in [0.5, 0.6) is 5.75 Å². The van der Waals surface area contributed by atoms with Crippen molar-refractivity contribution < 1.29 is 9.53 Å². The number of amides is 1. The maximum absolute atomic E-state index is 12.1. The number of methoxy groups -OCH3 is 1. The van der Waals surface area contributed by atoms with E-state index >= 15 is 0 Å². The highest BCUT2D eigenvalue weighted by Crippen LogP contribution is 2.27. The summed E-state index contributed by atoms with van der Waals surface area (Å²) in [7, 11) is 1.55. The van der Waals surface area contributed by atoms with Gasteiger partial charge in [-0.15, -0.1) is 0 Å². The molecular formula is C16H16ClN5O2. The number of anilines is 3. The fraction of sp³-hybridized carbons (Fsp3) is 0.125. The number of H-pyrrole nitrogens is 1. The van der Waals surface area contributed by atoms with E-state index in [4.69, 9.17) is 22.1 Å². The Labute approximate surface area is 143 Å². The first-order valence-electron chi connectivity index (χ1n) is 7.17. The number of aromatic amines is 1. The molecule has 7 nitrogen and oxygen atoms in total. The van der Waals surface area contributed by atoms with Crippen molar-refractivity contribution in [2.24, 2.45) is 0 Å². The third-order valence-corrected chi connectivity index (χ3v) is 3.78. The average Bonchev–Trinajstić information content (AvgIpc) is 2.94. The second-order valence-electron chi connectivity index (χ2n) is 5.12. The van der Waals surface area contributed by atoms with Gasteiger partial charge in [0.1, 0.15) is 5.75 Å². The predicted octanol–water partition coefficient (Wildman–Crippen LogP) is 2.86. The summed E-state index contributed by atoms with van der Waals surface area (Å²) in [5.41, 5.74) is 7.95. The lowest BCUT2D eigenvalue weighted by Crippen LogP contribution is -2.21. The second-order valence-corrected chi connectivity index (χ2v) is 5.53. The molecule has 0 unspecified atom stereocenters. The van der Waals surface area contributed by atoms with Crippen molar-refractivity contribution >= 4 is 45.6 Å². The number of rotatable bonds is 5. The number of nitrogen functional groups attached to an aromatic ring is 1. The third-order valence-electron chi connectivity index (χ3n) is 3.48. The Morgan fingerprint density at radius 3 is 2.83 bits per heavy atom. The van der Waals surface area contributed by atoms with Crippen LogP contribution in [-0.2, 0) is 4.79 Å². The Hall–Kier alpha value is -2.93. The zero-order chi connectivity index (χ0) is 17.1. The lowest BCUT2D eigenvalue weighted by atomic mass is 10.2. The summed E-state index contributed by atoms with van der Waals surface area (Å²) in [5.74, 6) is 0.785. The Morgan fingerprint density at radius 2 is 2.08 bits per heavy atom. The molecule has 1 aromatic heterocycles. The fourth-order valence-electron chi connectivity index (χ4n) is 2.28. The molecule has 0 saturated heterocycles. The van der Waals surface area contributed by atoms with Crippen LogP contribution >= 0.6 is 11.6 Å². The van der Waals surface area contributed by atoms with Gasteiger partial charge in [-0.25, -0.2) is 0 Å². The summed E-state index contributed by atoms with van der Waals surface area (Å²) >= 11 is 6.05. The molecule has 124 valence electrons. The zero-order valence-corrected chi connectivity index (χ0v) is 13.6. The smallest absolute Gasteiger partial charge is 0.243 e. The number of carbonyl (C=O) groups is 1. The number of ether oxygens (including phenoxy) is 1. The van der Waals surface area contributed by atoms with Gasteiger partial charge >= 0.3 is 0 Å². The Balaban J connectivity index is 1.62. The van der Waals surface area contributed by atoms with E-state index in [0.29, 0.717) is 22.3 Å². The molecule has 0 atom stereocenters. The number of halogens is 1. The maximum Gasteiger partial charge on any atom is 0.243 e. The predicted molar refractivity (Wildman–Crippen MR) is 95.6 cm³/mol. The van der Waals surface area contributed by atoms with Gasteiger partial charge in [-0.05, 0) is 36.4 Å². The largest absolute Gasteiger partial charge is 0.495 e. The molecule has 2 aromatic carbocycles. The minimum Gasteiger partial charge on any atom is -0.495 e. The van der Waals surface area contributed by atoms with Gasteiger partial charge < -0.3 is 21.1 Å². The van der Waals surface area contributed by atoms with Gasteiger partial charge in [-0.3, -0.25) is 9.89 Å². The number of aromatic nitrogens is 2. The quantitative estimate of drug-likeness (QED) is 0.569. The second kappa shape index (κ2) is 6.67. The highest BCUT2D eigenvalue weighted by atomic mass is 35.5. The first kappa shape index (κ1) is 15.9. The van der Waals surface area contributed by atoms with Crippen molar-refractivity contribution in [2.75, 3.05) is 30.0 Å². The Bertz CT molecular complexity index is 893. The Kier molecular flexibility index (Phi) is 4.43. The molecule has 0 aliphatic carbocycles. The molecule has 8 heteroatoms. The van der Waals surface area contributed by atoms with Crippen LogP contribution in [0.2, 0.25) is 5.02 Å². The van der Waals surface area contributed by atoms with Crippen molar-refractivity contribution in [3.8, 4) is 5.75 Å². The number of hydrogen-bond acceptors (Lipinski definition) is 5. The van der Waals surface area contributed by atoms with Gasteiger partial charge in [0.05, 0.1) is 24.2 Å². The van der Waals surface area contributed by atoms with Crippen LogP contribution in [-0.4, -0.2) is 29.8 Å². The number of fused-ring (bicyclic) bond motifs is 1. The summed E-state index contributed by atoms with van der Waals surface area (Å²) in [6.45, 7) is 0.0988. The molecule has 1 heterocycles. The molecule has 5 N–H and O–H groups in total. The van der Waals surface area contributed by atoms with Gasteiger partial charge in [-0.1, -0.05) is 11.6 Å². The maximum atomic E-state index is 12.1. The molecular weight excluding hydrogens is 330 g/mol. The van der Waals surface area contributed by atoms with Crippen LogP contribution in [0.1, 0.15) is 0 Å². The molecule has 1 amide bonds. The van der Waals surface area contributed by atoms with E-state index in [1.807, 2.05) is 6.07 Å². The molecule has 0 spiro atoms. The topological polar surface area (TPSA) is 105 Å². The average molecular weight is 346 g/mol. The van der Waals surface area contributed by atoms with Crippen LogP contribution in [0.15, 0.2) is 36.4 Å². The molecule has 0 radical (unpaired) electrons. The first-order chi connectivity index (χ1) is 11.6. The molecule has 24 heavy (non-hydrogen) atoms.